The number of halogens is 3. The Labute approximate surface area is 160 Å². The smallest absolute Gasteiger partial charge is 0.455 e. The molecule has 0 saturated heterocycles. The van der Waals surface area contributed by atoms with Gasteiger partial charge in [0.1, 0.15) is 5.75 Å². The van der Waals surface area contributed by atoms with E-state index in [1.807, 2.05) is 0 Å². The third-order valence-corrected chi connectivity index (χ3v) is 6.18. The van der Waals surface area contributed by atoms with E-state index < -0.39 is 24.3 Å². The van der Waals surface area contributed by atoms with Gasteiger partial charge in [0.25, 0.3) is 5.91 Å². The topological polar surface area (TPSA) is 64.6 Å². The summed E-state index contributed by atoms with van der Waals surface area (Å²) in [5.74, 6) is 0.622. The second kappa shape index (κ2) is 6.97. The molecule has 0 atom stereocenters. The molecule has 0 aliphatic heterocycles. The van der Waals surface area contributed by atoms with Gasteiger partial charge in [-0.2, -0.15) is 0 Å². The number of benzene rings is 1. The Balaban J connectivity index is 1.28. The average Bonchev–Trinajstić information content (AvgIpc) is 2.59. The van der Waals surface area contributed by atoms with Crippen LogP contribution in [-0.2, 0) is 14.3 Å². The molecule has 1 N–H and O–H groups in total. The average molecular weight is 397 g/mol. The fourth-order valence-corrected chi connectivity index (χ4v) is 5.58. The Hall–Kier alpha value is -2.25. The summed E-state index contributed by atoms with van der Waals surface area (Å²) in [7, 11) is 0. The second-order valence-corrected chi connectivity index (χ2v) is 8.39. The summed E-state index contributed by atoms with van der Waals surface area (Å²) in [6.07, 6.45) is 1.44. The maximum atomic E-state index is 12.7. The number of amides is 1. The van der Waals surface area contributed by atoms with Crippen molar-refractivity contribution in [3.8, 4) is 5.75 Å². The highest BCUT2D eigenvalue weighted by Crippen LogP contribution is 2.60. The van der Waals surface area contributed by atoms with Gasteiger partial charge < -0.3 is 14.8 Å². The first-order valence-electron chi connectivity index (χ1n) is 9.54. The van der Waals surface area contributed by atoms with Crippen LogP contribution in [0.3, 0.4) is 0 Å². The fraction of sp³-hybridized carbons (Fsp3) is 0.600. The molecule has 0 unspecified atom stereocenters. The number of esters is 1. The van der Waals surface area contributed by atoms with E-state index >= 15 is 0 Å². The molecular weight excluding hydrogens is 375 g/mol. The van der Waals surface area contributed by atoms with Crippen molar-refractivity contribution >= 4 is 17.6 Å². The quantitative estimate of drug-likeness (QED) is 0.753. The molecule has 4 saturated carbocycles. The summed E-state index contributed by atoms with van der Waals surface area (Å²) in [4.78, 5) is 24.8. The lowest BCUT2D eigenvalue weighted by molar-refractivity contribution is -0.274. The molecule has 1 aromatic carbocycles. The minimum atomic E-state index is -4.77. The predicted octanol–water partition coefficient (Wildman–Crippen LogP) is 4.28. The lowest BCUT2D eigenvalue weighted by Crippen LogP contribution is -2.50. The Morgan fingerprint density at radius 1 is 1.00 bits per heavy atom. The Bertz CT molecular complexity index is 724. The largest absolute Gasteiger partial charge is 0.573 e. The van der Waals surface area contributed by atoms with Crippen LogP contribution in [0.2, 0.25) is 0 Å². The van der Waals surface area contributed by atoms with Crippen molar-refractivity contribution in [2.24, 2.45) is 23.2 Å². The van der Waals surface area contributed by atoms with Crippen LogP contribution in [0.5, 0.6) is 5.75 Å². The molecule has 4 aliphatic rings. The third kappa shape index (κ3) is 4.10. The van der Waals surface area contributed by atoms with Crippen LogP contribution in [0, 0.1) is 23.2 Å². The zero-order valence-corrected chi connectivity index (χ0v) is 15.3. The van der Waals surface area contributed by atoms with E-state index in [9.17, 15) is 22.8 Å². The summed E-state index contributed by atoms with van der Waals surface area (Å²) in [6.45, 7) is -0.401. The molecule has 5 rings (SSSR count). The maximum absolute atomic E-state index is 12.7. The van der Waals surface area contributed by atoms with Crippen LogP contribution in [-0.4, -0.2) is 24.8 Å². The Morgan fingerprint density at radius 2 is 1.54 bits per heavy atom. The monoisotopic (exact) mass is 397 g/mol. The first-order chi connectivity index (χ1) is 13.2. The van der Waals surface area contributed by atoms with Gasteiger partial charge in [-0.05, 0) is 80.5 Å². The highest BCUT2D eigenvalue weighted by Gasteiger charge is 2.55. The SMILES string of the molecule is O=C(COC(=O)C12CC3CC(CC(C3)C1)C2)Nc1ccc(OC(F)(F)F)cc1. The van der Waals surface area contributed by atoms with E-state index in [-0.39, 0.29) is 11.7 Å². The number of rotatable bonds is 5. The molecule has 152 valence electrons. The van der Waals surface area contributed by atoms with E-state index in [4.69, 9.17) is 4.74 Å². The van der Waals surface area contributed by atoms with Gasteiger partial charge in [0.15, 0.2) is 6.61 Å². The van der Waals surface area contributed by atoms with Gasteiger partial charge in [0.05, 0.1) is 5.41 Å². The number of carbonyl (C=O) groups excluding carboxylic acids is 2. The van der Waals surface area contributed by atoms with Crippen LogP contribution >= 0.6 is 0 Å². The van der Waals surface area contributed by atoms with Crippen LogP contribution in [0.25, 0.3) is 0 Å². The molecule has 1 aromatic rings. The van der Waals surface area contributed by atoms with Crippen molar-refractivity contribution in [2.45, 2.75) is 44.9 Å². The van der Waals surface area contributed by atoms with E-state index in [2.05, 4.69) is 10.1 Å². The highest BCUT2D eigenvalue weighted by atomic mass is 19.4. The summed E-state index contributed by atoms with van der Waals surface area (Å²) in [5.41, 5.74) is -0.128. The minimum absolute atomic E-state index is 0.282. The number of hydrogen-bond acceptors (Lipinski definition) is 4. The molecular formula is C20H22F3NO4. The molecule has 4 aliphatic carbocycles. The van der Waals surface area contributed by atoms with Crippen LogP contribution in [0.4, 0.5) is 18.9 Å². The predicted molar refractivity (Wildman–Crippen MR) is 93.3 cm³/mol. The highest BCUT2D eigenvalue weighted by molar-refractivity contribution is 5.93. The number of anilines is 1. The number of hydrogen-bond donors (Lipinski definition) is 1. The van der Waals surface area contributed by atoms with E-state index in [0.717, 1.165) is 31.4 Å². The number of carbonyl (C=O) groups is 2. The Kier molecular flexibility index (Phi) is 4.75. The lowest BCUT2D eigenvalue weighted by Gasteiger charge is -2.55. The minimum Gasteiger partial charge on any atom is -0.455 e. The van der Waals surface area contributed by atoms with Crippen molar-refractivity contribution in [1.82, 2.24) is 0 Å². The molecule has 0 aromatic heterocycles. The van der Waals surface area contributed by atoms with E-state index in [0.29, 0.717) is 23.4 Å². The number of ether oxygens (including phenoxy) is 2. The van der Waals surface area contributed by atoms with Gasteiger partial charge in [-0.1, -0.05) is 0 Å². The number of nitrogens with one attached hydrogen (secondary N) is 1. The van der Waals surface area contributed by atoms with Gasteiger partial charge >= 0.3 is 12.3 Å². The normalized spacial score (nSPS) is 30.8. The number of alkyl halides is 3. The summed E-state index contributed by atoms with van der Waals surface area (Å²) >= 11 is 0. The zero-order valence-electron chi connectivity index (χ0n) is 15.3. The van der Waals surface area contributed by atoms with Crippen LogP contribution < -0.4 is 10.1 Å². The van der Waals surface area contributed by atoms with E-state index in [1.165, 1.54) is 31.4 Å². The summed E-state index contributed by atoms with van der Waals surface area (Å²) in [5, 5.41) is 2.51. The fourth-order valence-electron chi connectivity index (χ4n) is 5.58. The summed E-state index contributed by atoms with van der Waals surface area (Å²) < 4.78 is 45.6. The molecule has 8 heteroatoms. The molecule has 4 fully saturated rings. The molecule has 1 amide bonds. The van der Waals surface area contributed by atoms with Gasteiger partial charge in [-0.25, -0.2) is 0 Å². The van der Waals surface area contributed by atoms with Crippen molar-refractivity contribution in [2.75, 3.05) is 11.9 Å². The first-order valence-corrected chi connectivity index (χ1v) is 9.54. The van der Waals surface area contributed by atoms with Gasteiger partial charge in [-0.15, -0.1) is 13.2 Å². The van der Waals surface area contributed by atoms with Crippen LogP contribution in [0.15, 0.2) is 24.3 Å². The van der Waals surface area contributed by atoms with Crippen molar-refractivity contribution in [3.63, 3.8) is 0 Å². The lowest BCUT2D eigenvalue weighted by atomic mass is 9.49. The zero-order chi connectivity index (χ0) is 19.9. The standard InChI is InChI=1S/C20H22F3NO4/c21-20(22,23)28-16-3-1-15(2-4-16)24-17(25)11-27-18(26)19-8-12-5-13(9-19)7-14(6-12)10-19/h1-4,12-14H,5-11H2,(H,24,25). The second-order valence-electron chi connectivity index (χ2n) is 8.39. The summed E-state index contributed by atoms with van der Waals surface area (Å²) in [6, 6.07) is 4.79. The van der Waals surface area contributed by atoms with Crippen LogP contribution in [0.1, 0.15) is 38.5 Å². The Morgan fingerprint density at radius 3 is 2.04 bits per heavy atom. The van der Waals surface area contributed by atoms with Crippen molar-refractivity contribution in [1.29, 1.82) is 0 Å². The third-order valence-electron chi connectivity index (χ3n) is 6.18. The van der Waals surface area contributed by atoms with Gasteiger partial charge in [0.2, 0.25) is 0 Å². The molecule has 0 heterocycles. The molecule has 4 bridgehead atoms. The van der Waals surface area contributed by atoms with Crippen molar-refractivity contribution in [3.05, 3.63) is 24.3 Å². The first kappa shape index (κ1) is 19.1. The molecule has 0 radical (unpaired) electrons. The van der Waals surface area contributed by atoms with Gasteiger partial charge in [0, 0.05) is 5.69 Å². The molecule has 0 spiro atoms. The van der Waals surface area contributed by atoms with E-state index in [1.54, 1.807) is 0 Å². The maximum Gasteiger partial charge on any atom is 0.573 e. The molecule has 5 nitrogen and oxygen atoms in total. The molecule has 28 heavy (non-hydrogen) atoms. The van der Waals surface area contributed by atoms with Crippen molar-refractivity contribution < 1.29 is 32.2 Å². The van der Waals surface area contributed by atoms with Gasteiger partial charge in [-0.3, -0.25) is 9.59 Å².